The second-order valence-corrected chi connectivity index (χ2v) is 3.91. The van der Waals surface area contributed by atoms with Gasteiger partial charge in [0.05, 0.1) is 12.8 Å². The molecule has 90 valence electrons. The minimum absolute atomic E-state index is 0.847. The van der Waals surface area contributed by atoms with Crippen LogP contribution < -0.4 is 4.74 Å². The molecule has 0 bridgehead atoms. The summed E-state index contributed by atoms with van der Waals surface area (Å²) in [4.78, 5) is 4.29. The zero-order chi connectivity index (χ0) is 12.1. The first kappa shape index (κ1) is 11.6. The van der Waals surface area contributed by atoms with Crippen LogP contribution in [0, 0.1) is 0 Å². The zero-order valence-electron chi connectivity index (χ0n) is 10.3. The van der Waals surface area contributed by atoms with E-state index in [9.17, 15) is 0 Å². The second kappa shape index (κ2) is 5.48. The molecule has 0 aliphatic carbocycles. The van der Waals surface area contributed by atoms with Crippen molar-refractivity contribution in [1.82, 2.24) is 14.8 Å². The lowest BCUT2D eigenvalue weighted by Crippen LogP contribution is -1.96. The summed E-state index contributed by atoms with van der Waals surface area (Å²) >= 11 is 0. The highest BCUT2D eigenvalue weighted by Gasteiger charge is 2.02. The van der Waals surface area contributed by atoms with Gasteiger partial charge in [0.15, 0.2) is 5.82 Å². The van der Waals surface area contributed by atoms with Gasteiger partial charge in [0.1, 0.15) is 12.1 Å². The van der Waals surface area contributed by atoms with E-state index in [1.807, 2.05) is 24.3 Å². The van der Waals surface area contributed by atoms with Crippen LogP contribution in [-0.4, -0.2) is 21.9 Å². The normalized spacial score (nSPS) is 10.5. The number of hydrogen-bond acceptors (Lipinski definition) is 3. The van der Waals surface area contributed by atoms with Crippen molar-refractivity contribution < 1.29 is 4.74 Å². The first-order chi connectivity index (χ1) is 8.33. The minimum Gasteiger partial charge on any atom is -0.497 e. The molecular weight excluding hydrogens is 214 g/mol. The average molecular weight is 231 g/mol. The van der Waals surface area contributed by atoms with Gasteiger partial charge in [-0.3, -0.25) is 0 Å². The van der Waals surface area contributed by atoms with Crippen LogP contribution in [0.15, 0.2) is 30.6 Å². The fourth-order valence-electron chi connectivity index (χ4n) is 1.61. The van der Waals surface area contributed by atoms with Gasteiger partial charge in [-0.15, -0.1) is 0 Å². The first-order valence-electron chi connectivity index (χ1n) is 5.88. The molecule has 0 saturated heterocycles. The summed E-state index contributed by atoms with van der Waals surface area (Å²) in [7, 11) is 1.66. The maximum atomic E-state index is 5.12. The van der Waals surface area contributed by atoms with Gasteiger partial charge >= 0.3 is 0 Å². The number of aromatic nitrogens is 3. The summed E-state index contributed by atoms with van der Waals surface area (Å²) in [5.74, 6) is 1.75. The molecule has 0 spiro atoms. The third-order valence-electron chi connectivity index (χ3n) is 2.63. The molecule has 1 aromatic carbocycles. The lowest BCUT2D eigenvalue weighted by atomic mass is 10.2. The fraction of sp³-hybridized carbons (Fsp3) is 0.385. The van der Waals surface area contributed by atoms with E-state index >= 15 is 0 Å². The highest BCUT2D eigenvalue weighted by atomic mass is 16.5. The Hall–Kier alpha value is -1.84. The molecule has 0 radical (unpaired) electrons. The lowest BCUT2D eigenvalue weighted by Gasteiger charge is -2.02. The highest BCUT2D eigenvalue weighted by molar-refractivity contribution is 5.36. The molecule has 0 saturated carbocycles. The summed E-state index contributed by atoms with van der Waals surface area (Å²) in [5.41, 5.74) is 1.00. The molecular formula is C13H17N3O. The third kappa shape index (κ3) is 2.84. The standard InChI is InChI=1S/C13H17N3O/c1-3-4-5-13-14-10-16(15-13)11-6-8-12(17-2)9-7-11/h6-10H,3-5H2,1-2H3. The predicted octanol–water partition coefficient (Wildman–Crippen LogP) is 2.62. The second-order valence-electron chi connectivity index (χ2n) is 3.91. The Morgan fingerprint density at radius 3 is 2.65 bits per heavy atom. The smallest absolute Gasteiger partial charge is 0.151 e. The number of hydrogen-bond donors (Lipinski definition) is 0. The van der Waals surface area contributed by atoms with Crippen molar-refractivity contribution in [3.05, 3.63) is 36.4 Å². The fourth-order valence-corrected chi connectivity index (χ4v) is 1.61. The van der Waals surface area contributed by atoms with Crippen molar-refractivity contribution in [3.63, 3.8) is 0 Å². The Morgan fingerprint density at radius 1 is 1.24 bits per heavy atom. The maximum Gasteiger partial charge on any atom is 0.151 e. The van der Waals surface area contributed by atoms with Crippen LogP contribution in [0.1, 0.15) is 25.6 Å². The van der Waals surface area contributed by atoms with Crippen molar-refractivity contribution in [1.29, 1.82) is 0 Å². The monoisotopic (exact) mass is 231 g/mol. The summed E-state index contributed by atoms with van der Waals surface area (Å²) in [6.07, 6.45) is 5.00. The van der Waals surface area contributed by atoms with Crippen molar-refractivity contribution in [2.24, 2.45) is 0 Å². The number of ether oxygens (including phenoxy) is 1. The van der Waals surface area contributed by atoms with Crippen LogP contribution in [0.5, 0.6) is 5.75 Å². The molecule has 4 nitrogen and oxygen atoms in total. The van der Waals surface area contributed by atoms with Gasteiger partial charge in [-0.05, 0) is 30.7 Å². The zero-order valence-corrected chi connectivity index (χ0v) is 10.3. The van der Waals surface area contributed by atoms with E-state index in [0.717, 1.165) is 36.5 Å². The van der Waals surface area contributed by atoms with Gasteiger partial charge in [0, 0.05) is 6.42 Å². The summed E-state index contributed by atoms with van der Waals surface area (Å²) in [6.45, 7) is 2.17. The molecule has 0 amide bonds. The number of rotatable bonds is 5. The van der Waals surface area contributed by atoms with E-state index in [2.05, 4.69) is 17.0 Å². The summed E-state index contributed by atoms with van der Waals surface area (Å²) in [6, 6.07) is 7.78. The van der Waals surface area contributed by atoms with Crippen molar-refractivity contribution >= 4 is 0 Å². The van der Waals surface area contributed by atoms with Crippen molar-refractivity contribution in [3.8, 4) is 11.4 Å². The van der Waals surface area contributed by atoms with Crippen molar-refractivity contribution in [2.45, 2.75) is 26.2 Å². The molecule has 4 heteroatoms. The Balaban J connectivity index is 2.12. The van der Waals surface area contributed by atoms with Crippen LogP contribution >= 0.6 is 0 Å². The molecule has 1 aromatic heterocycles. The van der Waals surface area contributed by atoms with E-state index in [0.29, 0.717) is 0 Å². The Bertz CT molecular complexity index is 462. The molecule has 0 N–H and O–H groups in total. The Labute approximate surface area is 101 Å². The van der Waals surface area contributed by atoms with Crippen LogP contribution in [0.4, 0.5) is 0 Å². The molecule has 1 heterocycles. The van der Waals surface area contributed by atoms with E-state index in [-0.39, 0.29) is 0 Å². The maximum absolute atomic E-state index is 5.12. The lowest BCUT2D eigenvalue weighted by molar-refractivity contribution is 0.414. The number of methoxy groups -OCH3 is 1. The van der Waals surface area contributed by atoms with E-state index in [1.165, 1.54) is 0 Å². The molecule has 0 atom stereocenters. The largest absolute Gasteiger partial charge is 0.497 e. The minimum atomic E-state index is 0.847. The Kier molecular flexibility index (Phi) is 3.75. The van der Waals surface area contributed by atoms with Gasteiger partial charge in [0.2, 0.25) is 0 Å². The van der Waals surface area contributed by atoms with E-state index in [4.69, 9.17) is 4.74 Å². The molecule has 0 fully saturated rings. The van der Waals surface area contributed by atoms with Gasteiger partial charge in [0.25, 0.3) is 0 Å². The van der Waals surface area contributed by atoms with E-state index < -0.39 is 0 Å². The van der Waals surface area contributed by atoms with Gasteiger partial charge < -0.3 is 4.74 Å². The number of benzene rings is 1. The van der Waals surface area contributed by atoms with Crippen LogP contribution in [-0.2, 0) is 6.42 Å². The predicted molar refractivity (Wildman–Crippen MR) is 66.5 cm³/mol. The molecule has 0 aliphatic heterocycles. The van der Waals surface area contributed by atoms with Crippen LogP contribution in [0.25, 0.3) is 5.69 Å². The quantitative estimate of drug-likeness (QED) is 0.794. The molecule has 17 heavy (non-hydrogen) atoms. The van der Waals surface area contributed by atoms with Crippen LogP contribution in [0.2, 0.25) is 0 Å². The topological polar surface area (TPSA) is 39.9 Å². The summed E-state index contributed by atoms with van der Waals surface area (Å²) in [5, 5.41) is 4.44. The van der Waals surface area contributed by atoms with E-state index in [1.54, 1.807) is 18.1 Å². The SMILES string of the molecule is CCCCc1ncn(-c2ccc(OC)cc2)n1. The Morgan fingerprint density at radius 2 is 2.00 bits per heavy atom. The average Bonchev–Trinajstić information content (AvgIpc) is 2.85. The number of nitrogens with zero attached hydrogens (tertiary/aromatic N) is 3. The molecule has 0 aliphatic rings. The first-order valence-corrected chi connectivity index (χ1v) is 5.88. The molecule has 2 aromatic rings. The number of unbranched alkanes of at least 4 members (excludes halogenated alkanes) is 1. The van der Waals surface area contributed by atoms with Gasteiger partial charge in [-0.2, -0.15) is 5.10 Å². The molecule has 2 rings (SSSR count). The van der Waals surface area contributed by atoms with Gasteiger partial charge in [-0.25, -0.2) is 9.67 Å². The van der Waals surface area contributed by atoms with Gasteiger partial charge in [-0.1, -0.05) is 13.3 Å². The highest BCUT2D eigenvalue weighted by Crippen LogP contribution is 2.14. The third-order valence-corrected chi connectivity index (χ3v) is 2.63. The van der Waals surface area contributed by atoms with Crippen molar-refractivity contribution in [2.75, 3.05) is 7.11 Å². The number of aryl methyl sites for hydroxylation is 1. The van der Waals surface area contributed by atoms with Crippen LogP contribution in [0.3, 0.4) is 0 Å². The summed E-state index contributed by atoms with van der Waals surface area (Å²) < 4.78 is 6.91. The molecule has 0 unspecified atom stereocenters.